The van der Waals surface area contributed by atoms with Crippen molar-refractivity contribution < 1.29 is 4.79 Å². The third kappa shape index (κ3) is 5.24. The molecule has 0 saturated carbocycles. The molecule has 7 heteroatoms. The summed E-state index contributed by atoms with van der Waals surface area (Å²) in [5, 5.41) is 2.83. The zero-order chi connectivity index (χ0) is 14.4. The number of imidazole rings is 1. The fourth-order valence-electron chi connectivity index (χ4n) is 2.11. The first-order chi connectivity index (χ1) is 9.69. The number of carbonyl (C=O) groups excluding carboxylic acids is 1. The summed E-state index contributed by atoms with van der Waals surface area (Å²) < 4.78 is 0. The van der Waals surface area contributed by atoms with Crippen molar-refractivity contribution in [3.05, 3.63) is 34.2 Å². The molecule has 2 aromatic rings. The van der Waals surface area contributed by atoms with E-state index in [9.17, 15) is 9.59 Å². The van der Waals surface area contributed by atoms with Crippen LogP contribution < -0.4 is 16.7 Å². The minimum atomic E-state index is -0.198. The maximum atomic E-state index is 11.5. The Bertz CT molecular complexity index is 635. The van der Waals surface area contributed by atoms with Gasteiger partial charge in [0, 0.05) is 13.0 Å². The highest BCUT2D eigenvalue weighted by Crippen LogP contribution is 2.12. The van der Waals surface area contributed by atoms with E-state index in [1.807, 2.05) is 18.2 Å². The van der Waals surface area contributed by atoms with Gasteiger partial charge in [-0.2, -0.15) is 0 Å². The smallest absolute Gasteiger partial charge is 0.323 e. The number of rotatable bonds is 7. The summed E-state index contributed by atoms with van der Waals surface area (Å²) >= 11 is 0. The number of benzene rings is 1. The third-order valence-electron chi connectivity index (χ3n) is 3.15. The van der Waals surface area contributed by atoms with Crippen molar-refractivity contribution in [2.45, 2.75) is 25.7 Å². The van der Waals surface area contributed by atoms with Crippen molar-refractivity contribution in [3.63, 3.8) is 0 Å². The molecule has 116 valence electrons. The molecule has 0 aliphatic carbocycles. The Morgan fingerprint density at radius 1 is 1.19 bits per heavy atom. The van der Waals surface area contributed by atoms with Gasteiger partial charge >= 0.3 is 5.69 Å². The maximum Gasteiger partial charge on any atom is 0.323 e. The molecule has 0 unspecified atom stereocenters. The van der Waals surface area contributed by atoms with Gasteiger partial charge in [-0.15, -0.1) is 12.4 Å². The monoisotopic (exact) mass is 312 g/mol. The zero-order valence-corrected chi connectivity index (χ0v) is 12.6. The molecule has 6 nitrogen and oxygen atoms in total. The minimum absolute atomic E-state index is 0. The van der Waals surface area contributed by atoms with Gasteiger partial charge in [0.15, 0.2) is 0 Å². The highest BCUT2D eigenvalue weighted by atomic mass is 35.5. The molecular formula is C14H21ClN4O2. The largest absolute Gasteiger partial charge is 0.356 e. The second-order valence-corrected chi connectivity index (χ2v) is 4.80. The van der Waals surface area contributed by atoms with Crippen LogP contribution >= 0.6 is 12.4 Å². The average Bonchev–Trinajstić information content (AvgIpc) is 2.78. The number of nitrogens with one attached hydrogen (secondary N) is 3. The van der Waals surface area contributed by atoms with Crippen LogP contribution in [0.15, 0.2) is 23.0 Å². The quantitative estimate of drug-likeness (QED) is 0.575. The average molecular weight is 313 g/mol. The number of H-pyrrole nitrogens is 2. The summed E-state index contributed by atoms with van der Waals surface area (Å²) in [5.41, 5.74) is 7.88. The van der Waals surface area contributed by atoms with Crippen LogP contribution in [0.25, 0.3) is 11.0 Å². The van der Waals surface area contributed by atoms with E-state index in [2.05, 4.69) is 15.3 Å². The van der Waals surface area contributed by atoms with Crippen LogP contribution in [-0.2, 0) is 11.2 Å². The van der Waals surface area contributed by atoms with E-state index in [0.717, 1.165) is 35.9 Å². The lowest BCUT2D eigenvalue weighted by Gasteiger charge is -2.04. The first-order valence-corrected chi connectivity index (χ1v) is 6.87. The second-order valence-electron chi connectivity index (χ2n) is 4.80. The fraction of sp³-hybridized carbons (Fsp3) is 0.429. The molecule has 0 aliphatic rings. The summed E-state index contributed by atoms with van der Waals surface area (Å²) in [5.74, 6) is 0.0644. The van der Waals surface area contributed by atoms with Crippen LogP contribution in [0.2, 0.25) is 0 Å². The SMILES string of the molecule is Cl.NCCCNC(=O)CCCc1ccc2[nH]c(=O)[nH]c2c1. The molecule has 0 spiro atoms. The number of aryl methyl sites for hydroxylation is 1. The number of fused-ring (bicyclic) bond motifs is 1. The zero-order valence-electron chi connectivity index (χ0n) is 11.8. The number of hydrogen-bond donors (Lipinski definition) is 4. The minimum Gasteiger partial charge on any atom is -0.356 e. The molecule has 0 bridgehead atoms. The third-order valence-corrected chi connectivity index (χ3v) is 3.15. The van der Waals surface area contributed by atoms with Gasteiger partial charge in [-0.1, -0.05) is 6.07 Å². The number of aromatic nitrogens is 2. The molecule has 0 saturated heterocycles. The van der Waals surface area contributed by atoms with Gasteiger partial charge in [0.2, 0.25) is 5.91 Å². The molecule has 0 fully saturated rings. The highest BCUT2D eigenvalue weighted by molar-refractivity contribution is 5.85. The predicted molar refractivity (Wildman–Crippen MR) is 85.8 cm³/mol. The van der Waals surface area contributed by atoms with Gasteiger partial charge in [0.25, 0.3) is 0 Å². The topological polar surface area (TPSA) is 104 Å². The molecule has 0 aliphatic heterocycles. The number of nitrogens with two attached hydrogens (primary N) is 1. The molecule has 1 heterocycles. The van der Waals surface area contributed by atoms with Crippen molar-refractivity contribution in [2.24, 2.45) is 5.73 Å². The second kappa shape index (κ2) is 8.49. The molecule has 0 atom stereocenters. The van der Waals surface area contributed by atoms with E-state index >= 15 is 0 Å². The number of amides is 1. The van der Waals surface area contributed by atoms with Crippen molar-refractivity contribution in [2.75, 3.05) is 13.1 Å². The molecule has 0 radical (unpaired) electrons. The molecule has 1 aromatic heterocycles. The Morgan fingerprint density at radius 2 is 1.95 bits per heavy atom. The van der Waals surface area contributed by atoms with Crippen molar-refractivity contribution >= 4 is 29.3 Å². The van der Waals surface area contributed by atoms with Crippen LogP contribution in [-0.4, -0.2) is 29.0 Å². The van der Waals surface area contributed by atoms with Gasteiger partial charge < -0.3 is 21.0 Å². The Kier molecular flexibility index (Phi) is 6.98. The molecule has 5 N–H and O–H groups in total. The fourth-order valence-corrected chi connectivity index (χ4v) is 2.11. The molecule has 1 amide bonds. The number of halogens is 1. The van der Waals surface area contributed by atoms with Gasteiger partial charge in [0.05, 0.1) is 11.0 Å². The number of aromatic amines is 2. The molecule has 21 heavy (non-hydrogen) atoms. The predicted octanol–water partition coefficient (Wildman–Crippen LogP) is 1.07. The van der Waals surface area contributed by atoms with Crippen LogP contribution in [0.5, 0.6) is 0 Å². The number of carbonyl (C=O) groups is 1. The molecular weight excluding hydrogens is 292 g/mol. The van der Waals surface area contributed by atoms with E-state index < -0.39 is 0 Å². The van der Waals surface area contributed by atoms with E-state index in [-0.39, 0.29) is 24.0 Å². The standard InChI is InChI=1S/C14H20N4O2.ClH/c15-7-2-8-16-13(19)4-1-3-10-5-6-11-12(9-10)18-14(20)17-11;/h5-6,9H,1-4,7-8,15H2,(H,16,19)(H2,17,18,20);1H. The Labute approximate surface area is 128 Å². The maximum absolute atomic E-state index is 11.5. The molecule has 1 aromatic carbocycles. The Morgan fingerprint density at radius 3 is 2.71 bits per heavy atom. The Hall–Kier alpha value is -1.79. The summed E-state index contributed by atoms with van der Waals surface area (Å²) in [6, 6.07) is 5.79. The van der Waals surface area contributed by atoms with Crippen LogP contribution in [0.4, 0.5) is 0 Å². The van der Waals surface area contributed by atoms with Crippen molar-refractivity contribution in [1.82, 2.24) is 15.3 Å². The van der Waals surface area contributed by atoms with Crippen LogP contribution in [0, 0.1) is 0 Å². The van der Waals surface area contributed by atoms with Crippen LogP contribution in [0.3, 0.4) is 0 Å². The first kappa shape index (κ1) is 17.3. The summed E-state index contributed by atoms with van der Waals surface area (Å²) in [4.78, 5) is 28.1. The van der Waals surface area contributed by atoms with Crippen molar-refractivity contribution in [1.29, 1.82) is 0 Å². The van der Waals surface area contributed by atoms with E-state index in [0.29, 0.717) is 19.5 Å². The lowest BCUT2D eigenvalue weighted by atomic mass is 10.1. The lowest BCUT2D eigenvalue weighted by Crippen LogP contribution is -2.25. The highest BCUT2D eigenvalue weighted by Gasteiger charge is 2.03. The normalized spacial score (nSPS) is 10.3. The Balaban J connectivity index is 0.00000220. The number of hydrogen-bond acceptors (Lipinski definition) is 3. The van der Waals surface area contributed by atoms with E-state index in [1.165, 1.54) is 0 Å². The van der Waals surface area contributed by atoms with Gasteiger partial charge in [-0.05, 0) is 43.5 Å². The molecule has 2 rings (SSSR count). The van der Waals surface area contributed by atoms with Gasteiger partial charge in [-0.25, -0.2) is 4.79 Å². The summed E-state index contributed by atoms with van der Waals surface area (Å²) in [6.45, 7) is 1.24. The van der Waals surface area contributed by atoms with Crippen molar-refractivity contribution in [3.8, 4) is 0 Å². The first-order valence-electron chi connectivity index (χ1n) is 6.87. The van der Waals surface area contributed by atoms with E-state index in [1.54, 1.807) is 0 Å². The lowest BCUT2D eigenvalue weighted by molar-refractivity contribution is -0.121. The summed E-state index contributed by atoms with van der Waals surface area (Å²) in [6.07, 6.45) is 2.91. The van der Waals surface area contributed by atoms with Crippen LogP contribution in [0.1, 0.15) is 24.8 Å². The van der Waals surface area contributed by atoms with Gasteiger partial charge in [-0.3, -0.25) is 4.79 Å². The van der Waals surface area contributed by atoms with E-state index in [4.69, 9.17) is 5.73 Å². The summed E-state index contributed by atoms with van der Waals surface area (Å²) in [7, 11) is 0. The van der Waals surface area contributed by atoms with Gasteiger partial charge in [0.1, 0.15) is 0 Å².